The van der Waals surface area contributed by atoms with Crippen molar-refractivity contribution in [2.45, 2.75) is 6.04 Å². The number of carbonyl (C=O) groups is 1. The van der Waals surface area contributed by atoms with Crippen molar-refractivity contribution in [1.82, 2.24) is 10.3 Å². The minimum absolute atomic E-state index is 0.381. The van der Waals surface area contributed by atoms with Crippen molar-refractivity contribution in [3.8, 4) is 6.07 Å². The lowest BCUT2D eigenvalue weighted by Gasteiger charge is -2.11. The van der Waals surface area contributed by atoms with Crippen LogP contribution in [0.4, 0.5) is 0 Å². The predicted molar refractivity (Wildman–Crippen MR) is 69.3 cm³/mol. The van der Waals surface area contributed by atoms with E-state index in [1.807, 2.05) is 6.07 Å². The van der Waals surface area contributed by atoms with Crippen molar-refractivity contribution >= 4 is 40.4 Å². The predicted octanol–water partition coefficient (Wildman–Crippen LogP) is 2.85. The normalized spacial score (nSPS) is 11.8. The molecule has 1 heterocycles. The Labute approximate surface area is 113 Å². The van der Waals surface area contributed by atoms with Gasteiger partial charge in [-0.15, -0.1) is 0 Å². The molecule has 0 bridgehead atoms. The van der Waals surface area contributed by atoms with Gasteiger partial charge in [-0.25, -0.2) is 0 Å². The summed E-state index contributed by atoms with van der Waals surface area (Å²) in [6.07, 6.45) is 3.57. The standard InChI is InChI=1S/C12H7Cl2N3O/c13-10-2-1-7-8(11(3-15)17-6-18)4-16-5-9(7)12(10)14/h1-2,4-6,11H,(H,17,18). The summed E-state index contributed by atoms with van der Waals surface area (Å²) in [5.41, 5.74) is 0.584. The number of benzene rings is 1. The van der Waals surface area contributed by atoms with Crippen LogP contribution in [0.3, 0.4) is 0 Å². The van der Waals surface area contributed by atoms with E-state index in [2.05, 4.69) is 10.3 Å². The van der Waals surface area contributed by atoms with Crippen molar-refractivity contribution in [3.05, 3.63) is 40.1 Å². The Morgan fingerprint density at radius 3 is 2.78 bits per heavy atom. The van der Waals surface area contributed by atoms with E-state index in [9.17, 15) is 4.79 Å². The van der Waals surface area contributed by atoms with Gasteiger partial charge < -0.3 is 5.32 Å². The third kappa shape index (κ3) is 2.10. The highest BCUT2D eigenvalue weighted by atomic mass is 35.5. The number of amides is 1. The fraction of sp³-hybridized carbons (Fsp3) is 0.0833. The molecule has 0 aliphatic heterocycles. The molecule has 0 radical (unpaired) electrons. The van der Waals surface area contributed by atoms with Gasteiger partial charge in [0.2, 0.25) is 6.41 Å². The topological polar surface area (TPSA) is 65.8 Å². The van der Waals surface area contributed by atoms with Gasteiger partial charge in [0, 0.05) is 23.3 Å². The zero-order valence-corrected chi connectivity index (χ0v) is 10.5. The Balaban J connectivity index is 2.70. The Hall–Kier alpha value is -1.83. The van der Waals surface area contributed by atoms with Crippen molar-refractivity contribution < 1.29 is 4.79 Å². The Morgan fingerprint density at radius 2 is 2.11 bits per heavy atom. The molecule has 2 aromatic rings. The first-order valence-corrected chi connectivity index (χ1v) is 5.75. The lowest BCUT2D eigenvalue weighted by molar-refractivity contribution is -0.109. The zero-order valence-electron chi connectivity index (χ0n) is 9.02. The van der Waals surface area contributed by atoms with Crippen LogP contribution >= 0.6 is 23.2 Å². The van der Waals surface area contributed by atoms with Crippen LogP contribution in [-0.2, 0) is 4.79 Å². The second-order valence-corrected chi connectivity index (χ2v) is 4.32. The summed E-state index contributed by atoms with van der Waals surface area (Å²) in [4.78, 5) is 14.5. The van der Waals surface area contributed by atoms with Gasteiger partial charge in [0.05, 0.1) is 16.1 Å². The molecule has 1 aromatic carbocycles. The van der Waals surface area contributed by atoms with Crippen LogP contribution in [0.1, 0.15) is 11.6 Å². The van der Waals surface area contributed by atoms with E-state index in [1.165, 1.54) is 6.20 Å². The number of fused-ring (bicyclic) bond motifs is 1. The van der Waals surface area contributed by atoms with E-state index in [0.29, 0.717) is 27.4 Å². The first kappa shape index (κ1) is 12.6. The van der Waals surface area contributed by atoms with Gasteiger partial charge in [0.15, 0.2) is 0 Å². The van der Waals surface area contributed by atoms with Gasteiger partial charge in [-0.2, -0.15) is 5.26 Å². The number of nitrogens with zero attached hydrogens (tertiary/aromatic N) is 2. The number of carbonyl (C=O) groups excluding carboxylic acids is 1. The molecule has 0 saturated carbocycles. The van der Waals surface area contributed by atoms with Crippen molar-refractivity contribution in [3.63, 3.8) is 0 Å². The number of pyridine rings is 1. The molecule has 1 atom stereocenters. The lowest BCUT2D eigenvalue weighted by atomic mass is 10.0. The molecule has 1 aromatic heterocycles. The SMILES string of the molecule is N#CC(NC=O)c1cncc2c(Cl)c(Cl)ccc12. The Morgan fingerprint density at radius 1 is 1.33 bits per heavy atom. The van der Waals surface area contributed by atoms with Crippen LogP contribution in [0.25, 0.3) is 10.8 Å². The molecule has 1 N–H and O–H groups in total. The largest absolute Gasteiger partial charge is 0.339 e. The molecule has 90 valence electrons. The molecular formula is C12H7Cl2N3O. The summed E-state index contributed by atoms with van der Waals surface area (Å²) >= 11 is 12.0. The average molecular weight is 280 g/mol. The molecule has 0 saturated heterocycles. The van der Waals surface area contributed by atoms with Gasteiger partial charge >= 0.3 is 0 Å². The van der Waals surface area contributed by atoms with Gasteiger partial charge in [-0.1, -0.05) is 29.3 Å². The zero-order chi connectivity index (χ0) is 13.1. The van der Waals surface area contributed by atoms with Crippen LogP contribution in [-0.4, -0.2) is 11.4 Å². The third-order valence-corrected chi connectivity index (χ3v) is 3.35. The van der Waals surface area contributed by atoms with E-state index < -0.39 is 6.04 Å². The van der Waals surface area contributed by atoms with Crippen LogP contribution in [0.5, 0.6) is 0 Å². The Kier molecular flexibility index (Phi) is 3.66. The van der Waals surface area contributed by atoms with E-state index in [-0.39, 0.29) is 0 Å². The summed E-state index contributed by atoms with van der Waals surface area (Å²) in [5.74, 6) is 0. The molecule has 2 rings (SSSR count). The van der Waals surface area contributed by atoms with Crippen LogP contribution in [0, 0.1) is 11.3 Å². The molecular weight excluding hydrogens is 273 g/mol. The lowest BCUT2D eigenvalue weighted by Crippen LogP contribution is -2.18. The van der Waals surface area contributed by atoms with E-state index in [1.54, 1.807) is 18.3 Å². The highest BCUT2D eigenvalue weighted by Crippen LogP contribution is 2.33. The van der Waals surface area contributed by atoms with Gasteiger partial charge in [0.25, 0.3) is 0 Å². The van der Waals surface area contributed by atoms with Crippen LogP contribution in [0.15, 0.2) is 24.5 Å². The van der Waals surface area contributed by atoms with Crippen molar-refractivity contribution in [2.24, 2.45) is 0 Å². The number of nitriles is 1. The van der Waals surface area contributed by atoms with Crippen molar-refractivity contribution in [2.75, 3.05) is 0 Å². The van der Waals surface area contributed by atoms with E-state index >= 15 is 0 Å². The van der Waals surface area contributed by atoms with Crippen LogP contribution in [0.2, 0.25) is 10.0 Å². The highest BCUT2D eigenvalue weighted by Gasteiger charge is 2.15. The second kappa shape index (κ2) is 5.21. The smallest absolute Gasteiger partial charge is 0.208 e. The monoisotopic (exact) mass is 279 g/mol. The maximum atomic E-state index is 10.5. The highest BCUT2D eigenvalue weighted by molar-refractivity contribution is 6.45. The van der Waals surface area contributed by atoms with Crippen LogP contribution < -0.4 is 5.32 Å². The molecule has 18 heavy (non-hydrogen) atoms. The summed E-state index contributed by atoms with van der Waals surface area (Å²) in [7, 11) is 0. The second-order valence-electron chi connectivity index (χ2n) is 3.53. The van der Waals surface area contributed by atoms with E-state index in [0.717, 1.165) is 5.39 Å². The molecule has 6 heteroatoms. The number of rotatable bonds is 3. The molecule has 1 amide bonds. The summed E-state index contributed by atoms with van der Waals surface area (Å²) in [6, 6.07) is 4.61. The summed E-state index contributed by atoms with van der Waals surface area (Å²) < 4.78 is 0. The minimum atomic E-state index is -0.768. The molecule has 1 unspecified atom stereocenters. The molecule has 0 fully saturated rings. The number of aromatic nitrogens is 1. The molecule has 0 aliphatic carbocycles. The number of halogens is 2. The summed E-state index contributed by atoms with van der Waals surface area (Å²) in [6.45, 7) is 0. The van der Waals surface area contributed by atoms with Gasteiger partial charge in [-0.05, 0) is 11.5 Å². The number of nitrogens with one attached hydrogen (secondary N) is 1. The molecule has 0 aliphatic rings. The first-order valence-electron chi connectivity index (χ1n) is 5.00. The van der Waals surface area contributed by atoms with Gasteiger partial charge in [0.1, 0.15) is 6.04 Å². The van der Waals surface area contributed by atoms with E-state index in [4.69, 9.17) is 28.5 Å². The summed E-state index contributed by atoms with van der Waals surface area (Å²) in [5, 5.41) is 13.6. The van der Waals surface area contributed by atoms with Gasteiger partial charge in [-0.3, -0.25) is 9.78 Å². The fourth-order valence-corrected chi connectivity index (χ4v) is 2.08. The average Bonchev–Trinajstić information content (AvgIpc) is 2.40. The fourth-order valence-electron chi connectivity index (χ4n) is 1.70. The third-order valence-electron chi connectivity index (χ3n) is 2.54. The number of hydrogen-bond donors (Lipinski definition) is 1. The number of hydrogen-bond acceptors (Lipinski definition) is 3. The maximum Gasteiger partial charge on any atom is 0.208 e. The van der Waals surface area contributed by atoms with Crippen molar-refractivity contribution in [1.29, 1.82) is 5.26 Å². The molecule has 0 spiro atoms. The first-order chi connectivity index (χ1) is 8.69. The molecule has 4 nitrogen and oxygen atoms in total. The Bertz CT molecular complexity index is 652. The quantitative estimate of drug-likeness (QED) is 0.879. The minimum Gasteiger partial charge on any atom is -0.339 e. The maximum absolute atomic E-state index is 10.5.